The molecule has 0 spiro atoms. The van der Waals surface area contributed by atoms with Crippen molar-refractivity contribution in [3.8, 4) is 0 Å². The quantitative estimate of drug-likeness (QED) is 0.576. The van der Waals surface area contributed by atoms with Gasteiger partial charge in [-0.2, -0.15) is 0 Å². The van der Waals surface area contributed by atoms with Gasteiger partial charge in [-0.25, -0.2) is 0 Å². The van der Waals surface area contributed by atoms with Crippen molar-refractivity contribution in [3.05, 3.63) is 78.0 Å². The summed E-state index contributed by atoms with van der Waals surface area (Å²) in [5.41, 5.74) is 3.23. The molecule has 3 heterocycles. The molecular formula is C29H35N3O2. The van der Waals surface area contributed by atoms with Gasteiger partial charge in [-0.05, 0) is 55.8 Å². The Hall–Kier alpha value is -2.76. The van der Waals surface area contributed by atoms with Crippen molar-refractivity contribution in [1.82, 2.24) is 14.8 Å². The summed E-state index contributed by atoms with van der Waals surface area (Å²) in [7, 11) is 2.18. The highest BCUT2D eigenvalue weighted by Crippen LogP contribution is 2.37. The van der Waals surface area contributed by atoms with Crippen LogP contribution in [0.25, 0.3) is 10.9 Å². The fourth-order valence-electron chi connectivity index (χ4n) is 5.79. The molecule has 1 atom stereocenters. The second-order valence-electron chi connectivity index (χ2n) is 10.1. The molecule has 0 radical (unpaired) electrons. The Morgan fingerprint density at radius 1 is 1.00 bits per heavy atom. The number of likely N-dealkylation sites (N-methyl/N-ethyl adjacent to an activating group) is 1. The average Bonchev–Trinajstić information content (AvgIpc) is 3.06. The van der Waals surface area contributed by atoms with Crippen molar-refractivity contribution in [2.45, 2.75) is 25.7 Å². The van der Waals surface area contributed by atoms with Gasteiger partial charge in [0.15, 0.2) is 0 Å². The van der Waals surface area contributed by atoms with E-state index in [1.165, 1.54) is 16.5 Å². The molecule has 1 aromatic heterocycles. The number of para-hydroxylation sites is 1. The molecule has 0 aliphatic carbocycles. The molecule has 34 heavy (non-hydrogen) atoms. The minimum atomic E-state index is -0.367. The van der Waals surface area contributed by atoms with Crippen LogP contribution in [-0.2, 0) is 22.4 Å². The normalized spacial score (nSPS) is 21.3. The zero-order valence-corrected chi connectivity index (χ0v) is 20.2. The maximum Gasteiger partial charge on any atom is 0.229 e. The third-order valence-electron chi connectivity index (χ3n) is 7.60. The third-order valence-corrected chi connectivity index (χ3v) is 7.60. The van der Waals surface area contributed by atoms with Gasteiger partial charge in [0, 0.05) is 51.0 Å². The molecular weight excluding hydrogens is 422 g/mol. The van der Waals surface area contributed by atoms with Gasteiger partial charge in [-0.3, -0.25) is 9.78 Å². The minimum absolute atomic E-state index is 0.316. The first-order valence-electron chi connectivity index (χ1n) is 12.6. The van der Waals surface area contributed by atoms with Gasteiger partial charge >= 0.3 is 0 Å². The third kappa shape index (κ3) is 5.01. The van der Waals surface area contributed by atoms with Crippen LogP contribution in [0.15, 0.2) is 66.9 Å². The van der Waals surface area contributed by atoms with Gasteiger partial charge < -0.3 is 14.5 Å². The SMILES string of the molecule is CN1CCN(C(=O)C2(Cc3ccccc3)CCOCC2)CC(Cc2cccc3cccnc23)C1. The summed E-state index contributed by atoms with van der Waals surface area (Å²) >= 11 is 0. The molecule has 2 saturated heterocycles. The molecule has 5 heteroatoms. The van der Waals surface area contributed by atoms with Crippen molar-refractivity contribution in [3.63, 3.8) is 0 Å². The molecule has 2 aliphatic heterocycles. The Kier molecular flexibility index (Phi) is 6.93. The molecule has 2 fully saturated rings. The highest BCUT2D eigenvalue weighted by atomic mass is 16.5. The van der Waals surface area contributed by atoms with E-state index in [1.54, 1.807) is 0 Å². The van der Waals surface area contributed by atoms with E-state index >= 15 is 0 Å². The van der Waals surface area contributed by atoms with Crippen LogP contribution in [0.5, 0.6) is 0 Å². The molecule has 0 bridgehead atoms. The summed E-state index contributed by atoms with van der Waals surface area (Å²) in [5, 5.41) is 1.18. The van der Waals surface area contributed by atoms with Crippen LogP contribution in [0.4, 0.5) is 0 Å². The summed E-state index contributed by atoms with van der Waals surface area (Å²) in [5.74, 6) is 0.689. The number of nitrogens with zero attached hydrogens (tertiary/aromatic N) is 3. The smallest absolute Gasteiger partial charge is 0.229 e. The Bertz CT molecular complexity index is 1110. The zero-order valence-electron chi connectivity index (χ0n) is 20.2. The zero-order chi connectivity index (χ0) is 23.4. The fourth-order valence-corrected chi connectivity index (χ4v) is 5.79. The van der Waals surface area contributed by atoms with Crippen molar-refractivity contribution in [1.29, 1.82) is 0 Å². The largest absolute Gasteiger partial charge is 0.381 e. The number of amides is 1. The number of carbonyl (C=O) groups excluding carboxylic acids is 1. The minimum Gasteiger partial charge on any atom is -0.381 e. The standard InChI is InChI=1S/C29H35N3O2/c1-31-15-16-32(22-24(21-31)19-26-10-5-9-25-11-6-14-30-27(25)26)28(33)29(12-17-34-18-13-29)20-23-7-3-2-4-8-23/h2-11,14,24H,12-13,15-22H2,1H3. The lowest BCUT2D eigenvalue weighted by molar-refractivity contribution is -0.148. The van der Waals surface area contributed by atoms with E-state index in [9.17, 15) is 4.79 Å². The first kappa shape index (κ1) is 23.0. The highest BCUT2D eigenvalue weighted by molar-refractivity contribution is 5.83. The molecule has 1 amide bonds. The van der Waals surface area contributed by atoms with E-state index in [2.05, 4.69) is 70.4 Å². The van der Waals surface area contributed by atoms with Gasteiger partial charge in [-0.1, -0.05) is 54.6 Å². The van der Waals surface area contributed by atoms with E-state index < -0.39 is 0 Å². The summed E-state index contributed by atoms with van der Waals surface area (Å²) < 4.78 is 5.70. The number of benzene rings is 2. The fraction of sp³-hybridized carbons (Fsp3) is 0.448. The van der Waals surface area contributed by atoms with Crippen LogP contribution >= 0.6 is 0 Å². The molecule has 178 valence electrons. The number of carbonyl (C=O) groups is 1. The van der Waals surface area contributed by atoms with Crippen LogP contribution in [0.2, 0.25) is 0 Å². The number of hydrogen-bond donors (Lipinski definition) is 0. The van der Waals surface area contributed by atoms with Gasteiger partial charge in [0.25, 0.3) is 0 Å². The number of aromatic nitrogens is 1. The molecule has 5 nitrogen and oxygen atoms in total. The lowest BCUT2D eigenvalue weighted by Gasteiger charge is -2.40. The maximum absolute atomic E-state index is 14.2. The lowest BCUT2D eigenvalue weighted by atomic mass is 9.74. The van der Waals surface area contributed by atoms with Crippen molar-refractivity contribution < 1.29 is 9.53 Å². The number of fused-ring (bicyclic) bond motifs is 1. The van der Waals surface area contributed by atoms with E-state index in [-0.39, 0.29) is 5.41 Å². The van der Waals surface area contributed by atoms with E-state index in [0.29, 0.717) is 25.0 Å². The average molecular weight is 458 g/mol. The topological polar surface area (TPSA) is 45.7 Å². The Labute approximate surface area is 202 Å². The van der Waals surface area contributed by atoms with Crippen LogP contribution in [0.3, 0.4) is 0 Å². The predicted molar refractivity (Wildman–Crippen MR) is 136 cm³/mol. The van der Waals surface area contributed by atoms with Gasteiger partial charge in [0.1, 0.15) is 0 Å². The Morgan fingerprint density at radius 2 is 1.79 bits per heavy atom. The number of ether oxygens (including phenoxy) is 1. The first-order valence-corrected chi connectivity index (χ1v) is 12.6. The predicted octanol–water partition coefficient (Wildman–Crippen LogP) is 4.21. The molecule has 2 aliphatic rings. The number of rotatable bonds is 5. The van der Waals surface area contributed by atoms with Gasteiger partial charge in [0.05, 0.1) is 10.9 Å². The summed E-state index contributed by atoms with van der Waals surface area (Å²) in [6.07, 6.45) is 5.19. The monoisotopic (exact) mass is 457 g/mol. The maximum atomic E-state index is 14.2. The molecule has 0 saturated carbocycles. The van der Waals surface area contributed by atoms with Crippen molar-refractivity contribution >= 4 is 16.8 Å². The summed E-state index contributed by atoms with van der Waals surface area (Å²) in [6.45, 7) is 4.81. The van der Waals surface area contributed by atoms with E-state index in [4.69, 9.17) is 4.74 Å². The van der Waals surface area contributed by atoms with Crippen LogP contribution in [0, 0.1) is 11.3 Å². The van der Waals surface area contributed by atoms with E-state index in [1.807, 2.05) is 18.3 Å². The van der Waals surface area contributed by atoms with Gasteiger partial charge in [0.2, 0.25) is 5.91 Å². The first-order chi connectivity index (χ1) is 16.6. The molecule has 0 N–H and O–H groups in total. The molecule has 5 rings (SSSR count). The second kappa shape index (κ2) is 10.2. The Morgan fingerprint density at radius 3 is 2.62 bits per heavy atom. The van der Waals surface area contributed by atoms with Crippen LogP contribution in [-0.4, -0.2) is 67.1 Å². The number of pyridine rings is 1. The van der Waals surface area contributed by atoms with Gasteiger partial charge in [-0.15, -0.1) is 0 Å². The molecule has 2 aromatic carbocycles. The lowest BCUT2D eigenvalue weighted by Crippen LogP contribution is -2.50. The second-order valence-corrected chi connectivity index (χ2v) is 10.1. The van der Waals surface area contributed by atoms with E-state index in [0.717, 1.165) is 57.4 Å². The van der Waals surface area contributed by atoms with Crippen molar-refractivity contribution in [2.75, 3.05) is 46.4 Å². The molecule has 3 aromatic rings. The van der Waals surface area contributed by atoms with Crippen molar-refractivity contribution in [2.24, 2.45) is 11.3 Å². The van der Waals surface area contributed by atoms with Crippen LogP contribution < -0.4 is 0 Å². The van der Waals surface area contributed by atoms with Crippen LogP contribution in [0.1, 0.15) is 24.0 Å². The number of hydrogen-bond acceptors (Lipinski definition) is 4. The molecule has 1 unspecified atom stereocenters. The highest BCUT2D eigenvalue weighted by Gasteiger charge is 2.43. The Balaban J connectivity index is 1.39. The summed E-state index contributed by atoms with van der Waals surface area (Å²) in [6, 6.07) is 21.0. The summed E-state index contributed by atoms with van der Waals surface area (Å²) in [4.78, 5) is 23.4.